The lowest BCUT2D eigenvalue weighted by Gasteiger charge is -2.38. The number of hydrogen-bond donors (Lipinski definition) is 2. The minimum Gasteiger partial charge on any atom is -0.455 e. The molecule has 5 heteroatoms. The maximum atomic E-state index is 6.44. The number of nitrogens with one attached hydrogen (secondary N) is 2. The van der Waals surface area contributed by atoms with Gasteiger partial charge in [-0.15, -0.1) is 0 Å². The number of rotatable bonds is 3. The number of benzene rings is 8. The summed E-state index contributed by atoms with van der Waals surface area (Å²) >= 11 is 0. The van der Waals surface area contributed by atoms with Crippen LogP contribution in [-0.2, 0) is 0 Å². The van der Waals surface area contributed by atoms with E-state index in [-0.39, 0.29) is 12.2 Å². The Hall–Kier alpha value is -7.24. The lowest BCUT2D eigenvalue weighted by Crippen LogP contribution is -2.34. The smallest absolute Gasteiger partial charge is 0.143 e. The van der Waals surface area contributed by atoms with Crippen LogP contribution in [0.15, 0.2) is 174 Å². The van der Waals surface area contributed by atoms with E-state index in [0.717, 1.165) is 44.4 Å². The van der Waals surface area contributed by atoms with Gasteiger partial charge in [0.2, 0.25) is 0 Å². The summed E-state index contributed by atoms with van der Waals surface area (Å²) in [5, 5.41) is 18.0. The molecule has 5 heterocycles. The summed E-state index contributed by atoms with van der Waals surface area (Å²) in [6, 6.07) is 61.6. The minimum absolute atomic E-state index is 0.0774. The van der Waals surface area contributed by atoms with E-state index in [0.29, 0.717) is 0 Å². The highest BCUT2D eigenvalue weighted by Crippen LogP contribution is 2.48. The SMILES string of the molecule is c1ccc2c(c1)NC(c1ccc(-c3cccc4c3oc3ccccc34)cc1)C(n1c3cccc4c5cccc6c7ccccc7n(c7cccc1c7c43)c56)N2. The number of aromatic nitrogens is 2. The third-order valence-electron chi connectivity index (χ3n) is 12.2. The first-order valence-corrected chi connectivity index (χ1v) is 19.0. The molecule has 5 nitrogen and oxygen atoms in total. The number of anilines is 2. The zero-order valence-electron chi connectivity index (χ0n) is 29.6. The third kappa shape index (κ3) is 3.86. The fourth-order valence-electron chi connectivity index (χ4n) is 9.86. The number of fused-ring (bicyclic) bond motifs is 9. The minimum atomic E-state index is -0.138. The Morgan fingerprint density at radius 2 is 1.04 bits per heavy atom. The molecule has 0 amide bonds. The topological polar surface area (TPSA) is 46.5 Å². The third-order valence-corrected chi connectivity index (χ3v) is 12.2. The van der Waals surface area contributed by atoms with Crippen LogP contribution in [0.3, 0.4) is 0 Å². The van der Waals surface area contributed by atoms with Crippen LogP contribution in [0.1, 0.15) is 17.8 Å². The second-order valence-corrected chi connectivity index (χ2v) is 15.0. The van der Waals surface area contributed by atoms with E-state index in [2.05, 4.69) is 177 Å². The predicted octanol–water partition coefficient (Wildman–Crippen LogP) is 13.3. The van der Waals surface area contributed by atoms with Crippen LogP contribution in [-0.4, -0.2) is 8.97 Å². The second kappa shape index (κ2) is 10.7. The first-order valence-electron chi connectivity index (χ1n) is 19.0. The van der Waals surface area contributed by atoms with Gasteiger partial charge < -0.3 is 24.0 Å². The Balaban J connectivity index is 1.05. The molecule has 0 spiro atoms. The molecule has 0 bridgehead atoms. The molecule has 2 atom stereocenters. The molecule has 0 saturated carbocycles. The first-order chi connectivity index (χ1) is 27.3. The summed E-state index contributed by atoms with van der Waals surface area (Å²) in [5.74, 6) is 0. The number of furan rings is 1. The Bertz CT molecular complexity index is 3510. The average Bonchev–Trinajstić information content (AvgIpc) is 3.88. The van der Waals surface area contributed by atoms with Crippen molar-refractivity contribution in [2.24, 2.45) is 0 Å². The van der Waals surface area contributed by atoms with Gasteiger partial charge in [0.15, 0.2) is 0 Å². The summed E-state index contributed by atoms with van der Waals surface area (Å²) in [7, 11) is 0. The molecule has 2 N–H and O–H groups in total. The zero-order chi connectivity index (χ0) is 35.8. The molecule has 13 rings (SSSR count). The number of para-hydroxylation sites is 6. The van der Waals surface area contributed by atoms with E-state index in [1.54, 1.807) is 0 Å². The fraction of sp³-hybridized carbons (Fsp3) is 0.0400. The summed E-state index contributed by atoms with van der Waals surface area (Å²) in [5.41, 5.74) is 13.6. The largest absolute Gasteiger partial charge is 0.455 e. The van der Waals surface area contributed by atoms with Crippen LogP contribution in [0.2, 0.25) is 0 Å². The lowest BCUT2D eigenvalue weighted by molar-refractivity contribution is 0.506. The molecule has 12 aromatic rings. The number of nitrogens with zero attached hydrogens (tertiary/aromatic N) is 2. The van der Waals surface area contributed by atoms with Crippen molar-refractivity contribution in [3.63, 3.8) is 0 Å². The van der Waals surface area contributed by atoms with E-state index in [1.165, 1.54) is 65.5 Å². The van der Waals surface area contributed by atoms with E-state index in [9.17, 15) is 0 Å². The van der Waals surface area contributed by atoms with Gasteiger partial charge in [0, 0.05) is 43.3 Å². The molecule has 1 aliphatic heterocycles. The van der Waals surface area contributed by atoms with Crippen molar-refractivity contribution < 1.29 is 4.42 Å². The monoisotopic (exact) mass is 704 g/mol. The maximum absolute atomic E-state index is 6.44. The van der Waals surface area contributed by atoms with Gasteiger partial charge in [0.25, 0.3) is 0 Å². The summed E-state index contributed by atoms with van der Waals surface area (Å²) in [6.07, 6.45) is -0.138. The maximum Gasteiger partial charge on any atom is 0.143 e. The second-order valence-electron chi connectivity index (χ2n) is 15.0. The van der Waals surface area contributed by atoms with Gasteiger partial charge in [-0.25, -0.2) is 0 Å². The highest BCUT2D eigenvalue weighted by molar-refractivity contribution is 6.31. The van der Waals surface area contributed by atoms with Gasteiger partial charge in [-0.05, 0) is 59.0 Å². The van der Waals surface area contributed by atoms with Gasteiger partial charge in [-0.1, -0.05) is 127 Å². The van der Waals surface area contributed by atoms with Crippen LogP contribution < -0.4 is 10.6 Å². The van der Waals surface area contributed by atoms with Crippen LogP contribution >= 0.6 is 0 Å². The molecule has 55 heavy (non-hydrogen) atoms. The quantitative estimate of drug-likeness (QED) is 0.192. The predicted molar refractivity (Wildman–Crippen MR) is 229 cm³/mol. The number of hydrogen-bond acceptors (Lipinski definition) is 3. The Kier molecular flexibility index (Phi) is 5.68. The van der Waals surface area contributed by atoms with Crippen molar-refractivity contribution in [1.29, 1.82) is 0 Å². The van der Waals surface area contributed by atoms with Crippen LogP contribution in [0.4, 0.5) is 11.4 Å². The Morgan fingerprint density at radius 1 is 0.436 bits per heavy atom. The normalized spacial score (nSPS) is 15.9. The van der Waals surface area contributed by atoms with E-state index in [4.69, 9.17) is 4.42 Å². The molecule has 4 aromatic heterocycles. The van der Waals surface area contributed by atoms with Crippen LogP contribution in [0.5, 0.6) is 0 Å². The molecular formula is C50H32N4O. The molecule has 0 aliphatic carbocycles. The molecule has 0 radical (unpaired) electrons. The summed E-state index contributed by atoms with van der Waals surface area (Å²) < 4.78 is 11.5. The molecule has 0 fully saturated rings. The highest BCUT2D eigenvalue weighted by atomic mass is 16.3. The zero-order valence-corrected chi connectivity index (χ0v) is 29.6. The molecule has 2 unspecified atom stereocenters. The Morgan fingerprint density at radius 3 is 1.91 bits per heavy atom. The lowest BCUT2D eigenvalue weighted by atomic mass is 9.96. The van der Waals surface area contributed by atoms with Gasteiger partial charge in [0.05, 0.1) is 45.0 Å². The first kappa shape index (κ1) is 29.2. The van der Waals surface area contributed by atoms with Crippen molar-refractivity contribution in [3.05, 3.63) is 175 Å². The van der Waals surface area contributed by atoms with Gasteiger partial charge in [-0.2, -0.15) is 0 Å². The Labute approximate surface area is 315 Å². The van der Waals surface area contributed by atoms with Crippen LogP contribution in [0.25, 0.3) is 93.0 Å². The van der Waals surface area contributed by atoms with Gasteiger partial charge in [0.1, 0.15) is 17.3 Å². The fourth-order valence-corrected chi connectivity index (χ4v) is 9.86. The van der Waals surface area contributed by atoms with Crippen molar-refractivity contribution in [2.45, 2.75) is 12.2 Å². The van der Waals surface area contributed by atoms with E-state index >= 15 is 0 Å². The molecule has 258 valence electrons. The molecule has 0 saturated heterocycles. The summed E-state index contributed by atoms with van der Waals surface area (Å²) in [6.45, 7) is 0. The summed E-state index contributed by atoms with van der Waals surface area (Å²) in [4.78, 5) is 0. The average molecular weight is 705 g/mol. The van der Waals surface area contributed by atoms with E-state index < -0.39 is 0 Å². The van der Waals surface area contributed by atoms with Crippen molar-refractivity contribution in [2.75, 3.05) is 10.6 Å². The van der Waals surface area contributed by atoms with Gasteiger partial charge in [-0.3, -0.25) is 0 Å². The molecule has 8 aromatic carbocycles. The van der Waals surface area contributed by atoms with Gasteiger partial charge >= 0.3 is 0 Å². The molecular weight excluding hydrogens is 673 g/mol. The molecule has 1 aliphatic rings. The van der Waals surface area contributed by atoms with Crippen molar-refractivity contribution >= 4 is 93.2 Å². The van der Waals surface area contributed by atoms with Crippen molar-refractivity contribution in [3.8, 4) is 11.1 Å². The van der Waals surface area contributed by atoms with Crippen molar-refractivity contribution in [1.82, 2.24) is 8.97 Å². The standard InChI is InChI=1S/C50H32N4O/c1-5-20-40-32(11-1)35-15-8-16-36-34-14-9-21-41-45(34)46-42(53(40)48(35)36)22-10-23-43(46)54(41)50-47(51-38-18-3-4-19-39(38)52-50)30-27-25-29(26-28-30)31-13-7-17-37-33-12-2-6-24-44(33)55-49(31)37/h1-28,47,50-52H. The highest BCUT2D eigenvalue weighted by Gasteiger charge is 2.33. The van der Waals surface area contributed by atoms with Crippen LogP contribution in [0, 0.1) is 0 Å². The van der Waals surface area contributed by atoms with E-state index in [1.807, 2.05) is 12.1 Å².